The van der Waals surface area contributed by atoms with Gasteiger partial charge in [0.2, 0.25) is 11.8 Å². The molecule has 1 N–H and O–H groups in total. The van der Waals surface area contributed by atoms with Gasteiger partial charge in [0, 0.05) is 17.1 Å². The van der Waals surface area contributed by atoms with Crippen molar-refractivity contribution in [3.8, 4) is 0 Å². The molecule has 1 atom stereocenters. The molecule has 0 saturated carbocycles. The summed E-state index contributed by atoms with van der Waals surface area (Å²) in [6.45, 7) is 4.69. The number of anilines is 1. The number of rotatable bonds is 4. The predicted octanol–water partition coefficient (Wildman–Crippen LogP) is 2.83. The SMILES string of the molecule is Cc1cc(C)cc(N2CCC(NC(=O)Cc3cccs3)C2=O)c1. The molecule has 23 heavy (non-hydrogen) atoms. The van der Waals surface area contributed by atoms with Gasteiger partial charge in [0.05, 0.1) is 6.42 Å². The van der Waals surface area contributed by atoms with Crippen LogP contribution in [-0.2, 0) is 16.0 Å². The topological polar surface area (TPSA) is 49.4 Å². The molecule has 1 unspecified atom stereocenters. The Balaban J connectivity index is 1.65. The van der Waals surface area contributed by atoms with Gasteiger partial charge in [0.1, 0.15) is 6.04 Å². The van der Waals surface area contributed by atoms with Gasteiger partial charge < -0.3 is 10.2 Å². The van der Waals surface area contributed by atoms with Gasteiger partial charge in [-0.05, 0) is 55.0 Å². The first kappa shape index (κ1) is 15.7. The monoisotopic (exact) mass is 328 g/mol. The van der Waals surface area contributed by atoms with Gasteiger partial charge in [-0.25, -0.2) is 0 Å². The summed E-state index contributed by atoms with van der Waals surface area (Å²) in [7, 11) is 0. The Morgan fingerprint density at radius 2 is 2.04 bits per heavy atom. The Labute approximate surface area is 140 Å². The maximum Gasteiger partial charge on any atom is 0.249 e. The van der Waals surface area contributed by atoms with Crippen LogP contribution in [0.1, 0.15) is 22.4 Å². The fourth-order valence-electron chi connectivity index (χ4n) is 2.99. The summed E-state index contributed by atoms with van der Waals surface area (Å²) in [4.78, 5) is 27.5. The zero-order valence-electron chi connectivity index (χ0n) is 13.3. The molecule has 0 spiro atoms. The van der Waals surface area contributed by atoms with E-state index >= 15 is 0 Å². The van der Waals surface area contributed by atoms with Crippen molar-refractivity contribution in [3.05, 3.63) is 51.7 Å². The number of aryl methyl sites for hydroxylation is 2. The van der Waals surface area contributed by atoms with E-state index in [-0.39, 0.29) is 11.8 Å². The second kappa shape index (κ2) is 6.54. The number of hydrogen-bond donors (Lipinski definition) is 1. The highest BCUT2D eigenvalue weighted by Gasteiger charge is 2.33. The minimum Gasteiger partial charge on any atom is -0.344 e. The van der Waals surface area contributed by atoms with Crippen LogP contribution < -0.4 is 10.2 Å². The number of nitrogens with one attached hydrogen (secondary N) is 1. The normalized spacial score (nSPS) is 17.6. The second-order valence-electron chi connectivity index (χ2n) is 6.00. The Bertz CT molecular complexity index is 704. The summed E-state index contributed by atoms with van der Waals surface area (Å²) in [6.07, 6.45) is 0.993. The standard InChI is InChI=1S/C18H20N2O2S/c1-12-8-13(2)10-14(9-12)20-6-5-16(18(20)22)19-17(21)11-15-4-3-7-23-15/h3-4,7-10,16H,5-6,11H2,1-2H3,(H,19,21). The molecule has 1 aromatic heterocycles. The van der Waals surface area contributed by atoms with Crippen LogP contribution in [0.15, 0.2) is 35.7 Å². The van der Waals surface area contributed by atoms with E-state index < -0.39 is 6.04 Å². The maximum atomic E-state index is 12.6. The molecule has 0 bridgehead atoms. The second-order valence-corrected chi connectivity index (χ2v) is 7.03. The fourth-order valence-corrected chi connectivity index (χ4v) is 3.70. The molecule has 2 amide bonds. The van der Waals surface area contributed by atoms with Gasteiger partial charge >= 0.3 is 0 Å². The predicted molar refractivity (Wildman–Crippen MR) is 92.8 cm³/mol. The van der Waals surface area contributed by atoms with Crippen molar-refractivity contribution in [2.75, 3.05) is 11.4 Å². The molecule has 1 fully saturated rings. The van der Waals surface area contributed by atoms with E-state index in [1.807, 2.05) is 43.5 Å². The number of carbonyl (C=O) groups is 2. The Kier molecular flexibility index (Phi) is 4.48. The van der Waals surface area contributed by atoms with E-state index in [1.165, 1.54) is 0 Å². The van der Waals surface area contributed by atoms with Crippen molar-refractivity contribution in [1.82, 2.24) is 5.32 Å². The highest BCUT2D eigenvalue weighted by molar-refractivity contribution is 7.10. The first-order valence-electron chi connectivity index (χ1n) is 7.74. The van der Waals surface area contributed by atoms with Gasteiger partial charge in [-0.3, -0.25) is 9.59 Å². The fraction of sp³-hybridized carbons (Fsp3) is 0.333. The number of amides is 2. The first-order chi connectivity index (χ1) is 11.0. The molecule has 1 aliphatic heterocycles. The Morgan fingerprint density at radius 1 is 1.30 bits per heavy atom. The van der Waals surface area contributed by atoms with Gasteiger partial charge in [0.25, 0.3) is 0 Å². The zero-order chi connectivity index (χ0) is 16.4. The summed E-state index contributed by atoms with van der Waals surface area (Å²) >= 11 is 1.55. The summed E-state index contributed by atoms with van der Waals surface area (Å²) < 4.78 is 0. The zero-order valence-corrected chi connectivity index (χ0v) is 14.2. The average molecular weight is 328 g/mol. The van der Waals surface area contributed by atoms with Crippen LogP contribution in [0, 0.1) is 13.8 Å². The van der Waals surface area contributed by atoms with Crippen molar-refractivity contribution in [2.24, 2.45) is 0 Å². The lowest BCUT2D eigenvalue weighted by Crippen LogP contribution is -2.42. The molecule has 1 aromatic carbocycles. The summed E-state index contributed by atoms with van der Waals surface area (Å²) in [6, 6.07) is 9.56. The van der Waals surface area contributed by atoms with Crippen LogP contribution in [-0.4, -0.2) is 24.4 Å². The lowest BCUT2D eigenvalue weighted by molar-refractivity contribution is -0.126. The molecule has 2 heterocycles. The molecule has 1 aliphatic rings. The first-order valence-corrected chi connectivity index (χ1v) is 8.62. The Morgan fingerprint density at radius 3 is 2.70 bits per heavy atom. The third-order valence-corrected chi connectivity index (χ3v) is 4.85. The third-order valence-electron chi connectivity index (χ3n) is 3.97. The largest absolute Gasteiger partial charge is 0.344 e. The molecular weight excluding hydrogens is 308 g/mol. The highest BCUT2D eigenvalue weighted by Crippen LogP contribution is 2.24. The van der Waals surface area contributed by atoms with E-state index in [9.17, 15) is 9.59 Å². The summed E-state index contributed by atoms with van der Waals surface area (Å²) in [5.74, 6) is -0.109. The molecule has 5 heteroatoms. The lowest BCUT2D eigenvalue weighted by atomic mass is 10.1. The molecule has 3 rings (SSSR count). The lowest BCUT2D eigenvalue weighted by Gasteiger charge is -2.18. The van der Waals surface area contributed by atoms with Gasteiger partial charge in [-0.15, -0.1) is 11.3 Å². The summed E-state index contributed by atoms with van der Waals surface area (Å²) in [5, 5.41) is 4.82. The van der Waals surface area contributed by atoms with E-state index in [2.05, 4.69) is 11.4 Å². The number of nitrogens with zero attached hydrogens (tertiary/aromatic N) is 1. The van der Waals surface area contributed by atoms with Crippen molar-refractivity contribution in [2.45, 2.75) is 32.7 Å². The quantitative estimate of drug-likeness (QED) is 0.938. The van der Waals surface area contributed by atoms with Crippen LogP contribution in [0.25, 0.3) is 0 Å². The number of carbonyl (C=O) groups excluding carboxylic acids is 2. The molecule has 2 aromatic rings. The van der Waals surface area contributed by atoms with Crippen molar-refractivity contribution in [3.63, 3.8) is 0 Å². The van der Waals surface area contributed by atoms with Gasteiger partial charge in [-0.2, -0.15) is 0 Å². The number of hydrogen-bond acceptors (Lipinski definition) is 3. The van der Waals surface area contributed by atoms with E-state index in [1.54, 1.807) is 16.2 Å². The Hall–Kier alpha value is -2.14. The van der Waals surface area contributed by atoms with E-state index in [0.717, 1.165) is 21.7 Å². The minimum absolute atomic E-state index is 0.0190. The van der Waals surface area contributed by atoms with Gasteiger partial charge in [0.15, 0.2) is 0 Å². The van der Waals surface area contributed by atoms with Crippen LogP contribution in [0.3, 0.4) is 0 Å². The van der Waals surface area contributed by atoms with E-state index in [4.69, 9.17) is 0 Å². The van der Waals surface area contributed by atoms with Gasteiger partial charge in [-0.1, -0.05) is 12.1 Å². The third kappa shape index (κ3) is 3.62. The van der Waals surface area contributed by atoms with Crippen LogP contribution >= 0.6 is 11.3 Å². The summed E-state index contributed by atoms with van der Waals surface area (Å²) in [5.41, 5.74) is 3.19. The number of benzene rings is 1. The number of thiophene rings is 1. The van der Waals surface area contributed by atoms with Crippen molar-refractivity contribution >= 4 is 28.8 Å². The van der Waals surface area contributed by atoms with Crippen molar-refractivity contribution < 1.29 is 9.59 Å². The highest BCUT2D eigenvalue weighted by atomic mass is 32.1. The van der Waals surface area contributed by atoms with Crippen LogP contribution in [0.2, 0.25) is 0 Å². The van der Waals surface area contributed by atoms with E-state index in [0.29, 0.717) is 19.4 Å². The maximum absolute atomic E-state index is 12.6. The van der Waals surface area contributed by atoms with Crippen LogP contribution in [0.4, 0.5) is 5.69 Å². The molecule has 0 radical (unpaired) electrons. The van der Waals surface area contributed by atoms with Crippen LogP contribution in [0.5, 0.6) is 0 Å². The molecular formula is C18H20N2O2S. The molecule has 0 aliphatic carbocycles. The molecule has 4 nitrogen and oxygen atoms in total. The smallest absolute Gasteiger partial charge is 0.249 e. The molecule has 120 valence electrons. The average Bonchev–Trinajstić information content (AvgIpc) is 3.09. The minimum atomic E-state index is -0.414. The molecule has 1 saturated heterocycles. The van der Waals surface area contributed by atoms with Crippen molar-refractivity contribution in [1.29, 1.82) is 0 Å².